The predicted octanol–water partition coefficient (Wildman–Crippen LogP) is 1.82. The Kier molecular flexibility index (Phi) is 9.37. The lowest BCUT2D eigenvalue weighted by molar-refractivity contribution is -0.151. The number of fused-ring (bicyclic) bond motifs is 1. The summed E-state index contributed by atoms with van der Waals surface area (Å²) in [6.45, 7) is 4.72. The van der Waals surface area contributed by atoms with Gasteiger partial charge in [-0.2, -0.15) is 0 Å². The van der Waals surface area contributed by atoms with Crippen LogP contribution in [0.3, 0.4) is 0 Å². The van der Waals surface area contributed by atoms with Gasteiger partial charge in [0.25, 0.3) is 5.91 Å². The van der Waals surface area contributed by atoms with E-state index in [1.807, 2.05) is 0 Å². The van der Waals surface area contributed by atoms with Crippen molar-refractivity contribution in [2.45, 2.75) is 55.5 Å². The number of carboxylic acid groups (broad SMARTS) is 1. The van der Waals surface area contributed by atoms with Gasteiger partial charge in [0, 0.05) is 23.5 Å². The highest BCUT2D eigenvalue weighted by molar-refractivity contribution is 8.01. The van der Waals surface area contributed by atoms with Gasteiger partial charge in [-0.25, -0.2) is 14.3 Å². The SMILES string of the molecule is Cn1nnnc1SCC1=C(C(=O)O)N2C(=O)C(NC(=O)C(NC(=O)OC(C)(C)C)c3ccc(O)c(CN=[N+]=[N-])c3)C2SC1. The van der Waals surface area contributed by atoms with Crippen LogP contribution in [0.5, 0.6) is 5.75 Å². The number of nitrogens with zero attached hydrogens (tertiary/aromatic N) is 8. The number of benzene rings is 1. The Labute approximate surface area is 253 Å². The Bertz CT molecular complexity index is 1530. The lowest BCUT2D eigenvalue weighted by Gasteiger charge is -2.49. The van der Waals surface area contributed by atoms with Gasteiger partial charge in [0.05, 0.1) is 6.54 Å². The lowest BCUT2D eigenvalue weighted by Crippen LogP contribution is -2.71. The van der Waals surface area contributed by atoms with E-state index >= 15 is 0 Å². The number of alkyl carbamates (subject to hydrolysis) is 1. The minimum absolute atomic E-state index is 0.161. The van der Waals surface area contributed by atoms with Gasteiger partial charge in [-0.1, -0.05) is 22.9 Å². The van der Waals surface area contributed by atoms with Crippen LogP contribution in [0.15, 0.2) is 39.7 Å². The van der Waals surface area contributed by atoms with E-state index in [2.05, 4.69) is 36.2 Å². The number of nitrogens with one attached hydrogen (secondary N) is 2. The van der Waals surface area contributed by atoms with Gasteiger partial charge >= 0.3 is 12.1 Å². The van der Waals surface area contributed by atoms with Crippen molar-refractivity contribution in [3.63, 3.8) is 0 Å². The number of carboxylic acids is 1. The number of azide groups is 1. The maximum absolute atomic E-state index is 13.6. The fraction of sp³-hybridized carbons (Fsp3) is 0.458. The summed E-state index contributed by atoms with van der Waals surface area (Å²) in [6.07, 6.45) is -0.915. The summed E-state index contributed by atoms with van der Waals surface area (Å²) in [7, 11) is 1.65. The van der Waals surface area contributed by atoms with Crippen molar-refractivity contribution in [2.75, 3.05) is 11.5 Å². The number of carbonyl (C=O) groups is 4. The average molecular weight is 633 g/mol. The Morgan fingerprint density at radius 1 is 1.35 bits per heavy atom. The molecule has 3 unspecified atom stereocenters. The van der Waals surface area contributed by atoms with Crippen LogP contribution in [0.25, 0.3) is 10.4 Å². The van der Waals surface area contributed by atoms with E-state index in [9.17, 15) is 29.4 Å². The number of amides is 3. The second-order valence-corrected chi connectivity index (χ2v) is 12.4. The highest BCUT2D eigenvalue weighted by Crippen LogP contribution is 2.41. The van der Waals surface area contributed by atoms with Crippen LogP contribution in [-0.4, -0.2) is 87.7 Å². The summed E-state index contributed by atoms with van der Waals surface area (Å²) in [6, 6.07) is 1.60. The molecule has 19 heteroatoms. The molecule has 3 atom stereocenters. The molecule has 2 aliphatic heterocycles. The predicted molar refractivity (Wildman–Crippen MR) is 152 cm³/mol. The number of phenols is 1. The monoisotopic (exact) mass is 632 g/mol. The van der Waals surface area contributed by atoms with Gasteiger partial charge in [0.2, 0.25) is 11.1 Å². The van der Waals surface area contributed by atoms with E-state index in [4.69, 9.17) is 10.3 Å². The normalized spacial score (nSPS) is 18.6. The molecule has 4 N–H and O–H groups in total. The molecule has 17 nitrogen and oxygen atoms in total. The van der Waals surface area contributed by atoms with Gasteiger partial charge < -0.3 is 25.6 Å². The van der Waals surface area contributed by atoms with Gasteiger partial charge in [0.1, 0.15) is 34.5 Å². The largest absolute Gasteiger partial charge is 0.508 e. The first kappa shape index (κ1) is 31.5. The average Bonchev–Trinajstić information content (AvgIpc) is 3.35. The van der Waals surface area contributed by atoms with E-state index < -0.39 is 46.9 Å². The molecule has 1 saturated heterocycles. The van der Waals surface area contributed by atoms with Gasteiger partial charge in [-0.3, -0.25) is 14.5 Å². The molecule has 0 saturated carbocycles. The summed E-state index contributed by atoms with van der Waals surface area (Å²) >= 11 is 2.51. The Hall–Kier alpha value is -4.48. The van der Waals surface area contributed by atoms with E-state index in [0.29, 0.717) is 10.7 Å². The number of ether oxygens (including phenoxy) is 1. The molecule has 228 valence electrons. The zero-order chi connectivity index (χ0) is 31.5. The summed E-state index contributed by atoms with van der Waals surface area (Å²) in [5.41, 5.74) is 8.55. The smallest absolute Gasteiger partial charge is 0.408 e. The number of hydrogen-bond acceptors (Lipinski definition) is 12. The molecule has 3 amide bonds. The highest BCUT2D eigenvalue weighted by atomic mass is 32.2. The minimum atomic E-state index is -1.38. The van der Waals surface area contributed by atoms with Crippen molar-refractivity contribution in [1.29, 1.82) is 0 Å². The number of thioether (sulfide) groups is 2. The molecule has 1 fully saturated rings. The molecule has 4 rings (SSSR count). The third-order valence-corrected chi connectivity index (χ3v) is 8.61. The van der Waals surface area contributed by atoms with Gasteiger partial charge in [-0.05, 0) is 65.6 Å². The highest BCUT2D eigenvalue weighted by Gasteiger charge is 2.54. The first-order valence-electron chi connectivity index (χ1n) is 12.7. The van der Waals surface area contributed by atoms with Crippen molar-refractivity contribution in [2.24, 2.45) is 12.2 Å². The van der Waals surface area contributed by atoms with Crippen LogP contribution in [-0.2, 0) is 32.7 Å². The number of tetrazole rings is 1. The standard InChI is InChI=1S/C24H28N10O7S2/c1-24(2,3)41-23(40)28-15(11-5-6-14(35)12(7-11)8-26-30-25)18(36)27-16-19(37)34-17(21(38)39)13(9-42-20(16)34)10-43-22-29-31-32-33(22)4/h5-7,15-16,20,35H,8-10H2,1-4H3,(H,27,36)(H,28,40)(H,38,39). The van der Waals surface area contributed by atoms with Crippen LogP contribution < -0.4 is 10.6 Å². The summed E-state index contributed by atoms with van der Waals surface area (Å²) in [5, 5.41) is 39.6. The number of rotatable bonds is 10. The zero-order valence-electron chi connectivity index (χ0n) is 23.4. The number of aryl methyl sites for hydroxylation is 1. The number of β-lactam (4-membered cyclic amide) rings is 1. The molecule has 0 radical (unpaired) electrons. The second-order valence-electron chi connectivity index (χ2n) is 10.4. The maximum atomic E-state index is 13.6. The van der Waals surface area contributed by atoms with Crippen LogP contribution in [0.1, 0.15) is 37.9 Å². The van der Waals surface area contributed by atoms with Crippen molar-refractivity contribution < 1.29 is 34.1 Å². The second kappa shape index (κ2) is 12.8. The van der Waals surface area contributed by atoms with Gasteiger partial charge in [-0.15, -0.1) is 16.9 Å². The van der Waals surface area contributed by atoms with E-state index in [1.165, 1.54) is 46.4 Å². The molecular weight excluding hydrogens is 604 g/mol. The zero-order valence-corrected chi connectivity index (χ0v) is 25.0. The quantitative estimate of drug-likeness (QED) is 0.0964. The van der Waals surface area contributed by atoms with Crippen molar-refractivity contribution in [3.8, 4) is 5.75 Å². The van der Waals surface area contributed by atoms with Crippen LogP contribution in [0.4, 0.5) is 4.79 Å². The molecule has 0 aliphatic carbocycles. The molecule has 0 bridgehead atoms. The number of carbonyl (C=O) groups excluding carboxylic acids is 3. The fourth-order valence-electron chi connectivity index (χ4n) is 4.27. The lowest BCUT2D eigenvalue weighted by atomic mass is 9.99. The number of phenolic OH excluding ortho intramolecular Hbond substituents is 1. The molecule has 0 spiro atoms. The summed E-state index contributed by atoms with van der Waals surface area (Å²) < 4.78 is 6.75. The fourth-order valence-corrected chi connectivity index (χ4v) is 6.61. The Morgan fingerprint density at radius 2 is 2.09 bits per heavy atom. The third-order valence-electron chi connectivity index (χ3n) is 6.17. The molecular formula is C24H28N10O7S2. The van der Waals surface area contributed by atoms with Gasteiger partial charge in [0.15, 0.2) is 0 Å². The first-order chi connectivity index (χ1) is 20.3. The van der Waals surface area contributed by atoms with E-state index in [-0.39, 0.29) is 40.6 Å². The molecule has 3 heterocycles. The van der Waals surface area contributed by atoms with Crippen LogP contribution >= 0.6 is 23.5 Å². The minimum Gasteiger partial charge on any atom is -0.508 e. The molecule has 2 aliphatic rings. The number of aromatic hydroxyl groups is 1. The van der Waals surface area contributed by atoms with Crippen molar-refractivity contribution in [3.05, 3.63) is 51.0 Å². The molecule has 2 aromatic rings. The topological polar surface area (TPSA) is 238 Å². The molecule has 1 aromatic heterocycles. The Morgan fingerprint density at radius 3 is 2.72 bits per heavy atom. The summed E-state index contributed by atoms with van der Waals surface area (Å²) in [5.74, 6) is -2.36. The number of aromatic nitrogens is 4. The van der Waals surface area contributed by atoms with E-state index in [1.54, 1.807) is 27.8 Å². The van der Waals surface area contributed by atoms with Crippen LogP contribution in [0, 0.1) is 0 Å². The van der Waals surface area contributed by atoms with Crippen molar-refractivity contribution in [1.82, 2.24) is 35.7 Å². The summed E-state index contributed by atoms with van der Waals surface area (Å²) in [4.78, 5) is 55.5. The number of hydrogen-bond donors (Lipinski definition) is 4. The third kappa shape index (κ3) is 7.12. The van der Waals surface area contributed by atoms with E-state index in [0.717, 1.165) is 4.90 Å². The Balaban J connectivity index is 1.55. The molecule has 1 aromatic carbocycles. The maximum Gasteiger partial charge on any atom is 0.408 e. The number of aliphatic carboxylic acids is 1. The van der Waals surface area contributed by atoms with Crippen LogP contribution in [0.2, 0.25) is 0 Å². The molecule has 43 heavy (non-hydrogen) atoms. The first-order valence-corrected chi connectivity index (χ1v) is 14.7. The van der Waals surface area contributed by atoms with Crippen molar-refractivity contribution >= 4 is 47.4 Å².